The van der Waals surface area contributed by atoms with Gasteiger partial charge in [0.05, 0.1) is 32.5 Å². The number of nitrogens with one attached hydrogen (secondary N) is 1. The monoisotopic (exact) mass is 869 g/mol. The van der Waals surface area contributed by atoms with Crippen molar-refractivity contribution in [2.24, 2.45) is 0 Å². The smallest absolute Gasteiger partial charge is 0.308 e. The third kappa shape index (κ3) is 9.69. The van der Waals surface area contributed by atoms with Gasteiger partial charge in [0.25, 0.3) is 0 Å². The van der Waals surface area contributed by atoms with E-state index in [4.69, 9.17) is 42.6 Å². The number of carbonyl (C=O) groups is 1. The summed E-state index contributed by atoms with van der Waals surface area (Å²) in [6, 6.07) is -2.31. The van der Waals surface area contributed by atoms with E-state index in [1.807, 2.05) is 0 Å². The fourth-order valence-electron chi connectivity index (χ4n) is 7.44. The van der Waals surface area contributed by atoms with Crippen molar-refractivity contribution in [3.05, 3.63) is 0 Å². The highest BCUT2D eigenvalue weighted by Crippen LogP contribution is 2.43. The van der Waals surface area contributed by atoms with Crippen LogP contribution in [0.1, 0.15) is 13.8 Å². The zero-order valence-corrected chi connectivity index (χ0v) is 31.4. The SMILES string of the molecule is CC(=O)N[C@@H]1[C@@H](O[C@@H]2O[C@H](CO)[C@H](O)[C@H](O)[C@H]2O)[C@H](O[C@@H]2O[C@@H](C)[C@@H](O)[C@@H](O)[C@@H]2O)[C@@H](CO)OC1(O[C@@H]1[C@@H](O)[C@H](O)O[C@H](CO)[C@@H]1O)O[C@@H]1[C@@H](O)[C@@H](O)O[C@H](CO)[C@@H]1O. The van der Waals surface area contributed by atoms with Crippen LogP contribution in [0.15, 0.2) is 0 Å². The summed E-state index contributed by atoms with van der Waals surface area (Å²) in [6.45, 7) is -2.09. The van der Waals surface area contributed by atoms with Crippen LogP contribution in [0.5, 0.6) is 0 Å². The van der Waals surface area contributed by atoms with Crippen LogP contribution in [0, 0.1) is 0 Å². The summed E-state index contributed by atoms with van der Waals surface area (Å²) in [6.07, 6.45) is -46.5. The quantitative estimate of drug-likeness (QED) is 0.0764. The first-order chi connectivity index (χ1) is 27.7. The normalized spacial score (nSPS) is 52.2. The highest BCUT2D eigenvalue weighted by atomic mass is 16.9. The van der Waals surface area contributed by atoms with Crippen molar-refractivity contribution in [2.75, 3.05) is 26.4 Å². The predicted molar refractivity (Wildman–Crippen MR) is 178 cm³/mol. The molecule has 0 aliphatic carbocycles. The molecule has 0 saturated carbocycles. The summed E-state index contributed by atoms with van der Waals surface area (Å²) < 4.78 is 51.5. The number of hydrogen-bond donors (Lipinski definition) is 17. The minimum absolute atomic E-state index is 0.893. The first kappa shape index (κ1) is 48.5. The van der Waals surface area contributed by atoms with Crippen LogP contribution in [-0.2, 0) is 47.4 Å². The molecule has 5 fully saturated rings. The Morgan fingerprint density at radius 2 is 0.932 bits per heavy atom. The van der Waals surface area contributed by atoms with Crippen molar-refractivity contribution in [2.45, 2.75) is 167 Å². The number of amides is 1. The molecule has 1 amide bonds. The largest absolute Gasteiger partial charge is 0.394 e. The molecule has 0 aromatic heterocycles. The van der Waals surface area contributed by atoms with E-state index in [1.54, 1.807) is 0 Å². The average Bonchev–Trinajstić information content (AvgIpc) is 3.20. The Kier molecular flexibility index (Phi) is 16.3. The van der Waals surface area contributed by atoms with Crippen molar-refractivity contribution in [1.29, 1.82) is 0 Å². The van der Waals surface area contributed by atoms with Crippen molar-refractivity contribution < 1.29 is 129 Å². The zero-order chi connectivity index (χ0) is 43.8. The van der Waals surface area contributed by atoms with Crippen LogP contribution in [0.3, 0.4) is 0 Å². The molecule has 5 heterocycles. The lowest BCUT2D eigenvalue weighted by Crippen LogP contribution is -2.77. The van der Waals surface area contributed by atoms with E-state index in [0.717, 1.165) is 6.92 Å². The van der Waals surface area contributed by atoms with E-state index in [1.165, 1.54) is 6.92 Å². The third-order valence-corrected chi connectivity index (χ3v) is 10.8. The molecule has 59 heavy (non-hydrogen) atoms. The van der Waals surface area contributed by atoms with Gasteiger partial charge in [-0.15, -0.1) is 0 Å². The van der Waals surface area contributed by atoms with E-state index in [2.05, 4.69) is 5.32 Å². The number of ether oxygens (including phenoxy) is 9. The molecule has 0 bridgehead atoms. The minimum Gasteiger partial charge on any atom is -0.394 e. The van der Waals surface area contributed by atoms with Gasteiger partial charge in [0.2, 0.25) is 5.91 Å². The minimum atomic E-state index is -3.36. The van der Waals surface area contributed by atoms with Crippen LogP contribution in [0.2, 0.25) is 0 Å². The third-order valence-electron chi connectivity index (χ3n) is 10.8. The number of hydrogen-bond acceptors (Lipinski definition) is 26. The lowest BCUT2D eigenvalue weighted by molar-refractivity contribution is -0.496. The van der Waals surface area contributed by atoms with Gasteiger partial charge >= 0.3 is 5.97 Å². The van der Waals surface area contributed by atoms with E-state index in [9.17, 15) is 86.5 Å². The first-order valence-electron chi connectivity index (χ1n) is 18.6. The second-order valence-corrected chi connectivity index (χ2v) is 14.8. The molecule has 5 saturated heterocycles. The molecule has 0 spiro atoms. The summed E-state index contributed by atoms with van der Waals surface area (Å²) >= 11 is 0. The summed E-state index contributed by atoms with van der Waals surface area (Å²) in [5.41, 5.74) is 0. The molecule has 5 aliphatic rings. The average molecular weight is 870 g/mol. The van der Waals surface area contributed by atoms with Gasteiger partial charge in [-0.3, -0.25) is 4.79 Å². The van der Waals surface area contributed by atoms with Gasteiger partial charge in [-0.1, -0.05) is 0 Å². The Balaban J connectivity index is 1.71. The van der Waals surface area contributed by atoms with Crippen molar-refractivity contribution in [3.8, 4) is 0 Å². The lowest BCUT2D eigenvalue weighted by atomic mass is 9.91. The van der Waals surface area contributed by atoms with Crippen molar-refractivity contribution >= 4 is 5.91 Å². The number of aliphatic hydroxyl groups excluding tert-OH is 16. The second kappa shape index (κ2) is 19.9. The molecule has 344 valence electrons. The van der Waals surface area contributed by atoms with Crippen LogP contribution in [-0.4, -0.2) is 267 Å². The molecule has 5 aliphatic heterocycles. The van der Waals surface area contributed by atoms with Gasteiger partial charge in [0, 0.05) is 6.92 Å². The summed E-state index contributed by atoms with van der Waals surface area (Å²) in [5, 5.41) is 173. The van der Waals surface area contributed by atoms with Gasteiger partial charge in [-0.2, -0.15) is 0 Å². The molecule has 0 radical (unpaired) electrons. The number of carbonyl (C=O) groups excluding carboxylic acids is 1. The molecule has 0 aromatic rings. The standard InChI is InChI=1S/C32H55NO26/c1-7-13(39)17(43)19(45)30(51-7)55-23-12(6-37)57-32(58-24-15(41)10(4-35)52-28(49)21(24)47,59-25-16(42)11(5-36)53-29(50)22(25)48)27(33-8(2)38)26(23)56-31-20(46)18(44)14(40)9(3-34)54-31/h7,9-31,34-37,39-50H,3-6H2,1-2H3,(H,33,38)/t7-,9+,10+,11+,12+,13+,14-,15-,16-,17+,18-,19-,20+,21+,22+,23+,24-,25-,26-,27+,28-,29+,30-,31-,32?/m0/s1. The van der Waals surface area contributed by atoms with Gasteiger partial charge in [0.1, 0.15) is 116 Å². The molecule has 1 unspecified atom stereocenters. The van der Waals surface area contributed by atoms with Gasteiger partial charge < -0.3 is 130 Å². The number of rotatable bonds is 13. The Morgan fingerprint density at radius 1 is 0.508 bits per heavy atom. The maximum atomic E-state index is 13.1. The maximum Gasteiger partial charge on any atom is 0.308 e. The van der Waals surface area contributed by atoms with Crippen LogP contribution in [0.4, 0.5) is 0 Å². The van der Waals surface area contributed by atoms with Gasteiger partial charge in [0.15, 0.2) is 25.2 Å². The van der Waals surface area contributed by atoms with Crippen LogP contribution >= 0.6 is 0 Å². The second-order valence-electron chi connectivity index (χ2n) is 14.8. The summed E-state index contributed by atoms with van der Waals surface area (Å²) in [5.74, 6) is -4.41. The van der Waals surface area contributed by atoms with E-state index in [-0.39, 0.29) is 0 Å². The van der Waals surface area contributed by atoms with Gasteiger partial charge in [-0.25, -0.2) is 0 Å². The van der Waals surface area contributed by atoms with E-state index < -0.39 is 185 Å². The Labute approximate surface area is 333 Å². The van der Waals surface area contributed by atoms with Gasteiger partial charge in [-0.05, 0) is 6.92 Å². The molecule has 25 atom stereocenters. The molecule has 0 aromatic carbocycles. The number of aliphatic hydroxyl groups is 16. The van der Waals surface area contributed by atoms with Crippen molar-refractivity contribution in [1.82, 2.24) is 5.32 Å². The first-order valence-corrected chi connectivity index (χ1v) is 18.6. The fraction of sp³-hybridized carbons (Fsp3) is 0.969. The van der Waals surface area contributed by atoms with Crippen LogP contribution < -0.4 is 5.32 Å². The highest BCUT2D eigenvalue weighted by molar-refractivity contribution is 5.73. The molecular weight excluding hydrogens is 814 g/mol. The highest BCUT2D eigenvalue weighted by Gasteiger charge is 2.66. The molecular formula is C32H55NO26. The van der Waals surface area contributed by atoms with E-state index in [0.29, 0.717) is 0 Å². The Hall–Kier alpha value is -1.53. The topological polar surface area (TPSA) is 436 Å². The molecule has 27 heteroatoms. The lowest BCUT2D eigenvalue weighted by Gasteiger charge is -2.56. The zero-order valence-electron chi connectivity index (χ0n) is 31.4. The summed E-state index contributed by atoms with van der Waals surface area (Å²) in [7, 11) is 0. The summed E-state index contributed by atoms with van der Waals surface area (Å²) in [4.78, 5) is 13.1. The predicted octanol–water partition coefficient (Wildman–Crippen LogP) is -11.4. The Bertz CT molecular complexity index is 1320. The fourth-order valence-corrected chi connectivity index (χ4v) is 7.44. The van der Waals surface area contributed by atoms with Crippen LogP contribution in [0.25, 0.3) is 0 Å². The molecule has 5 rings (SSSR count). The maximum absolute atomic E-state index is 13.1. The van der Waals surface area contributed by atoms with E-state index >= 15 is 0 Å². The van der Waals surface area contributed by atoms with Crippen molar-refractivity contribution in [3.63, 3.8) is 0 Å². The molecule has 27 nitrogen and oxygen atoms in total. The molecule has 17 N–H and O–H groups in total. The Morgan fingerprint density at radius 3 is 1.39 bits per heavy atom.